The van der Waals surface area contributed by atoms with Gasteiger partial charge in [-0.05, 0) is 38.5 Å². The van der Waals surface area contributed by atoms with Gasteiger partial charge in [-0.1, -0.05) is 13.8 Å². The summed E-state index contributed by atoms with van der Waals surface area (Å²) in [5.41, 5.74) is 2.19. The summed E-state index contributed by atoms with van der Waals surface area (Å²) >= 11 is 0. The number of hydrogen-bond donors (Lipinski definition) is 1. The number of nitrogens with one attached hydrogen (secondary N) is 1. The molecule has 0 saturated carbocycles. The highest BCUT2D eigenvalue weighted by Crippen LogP contribution is 2.15. The number of H-pyrrole nitrogens is 1. The van der Waals surface area contributed by atoms with Crippen LogP contribution in [0, 0.1) is 12.8 Å². The van der Waals surface area contributed by atoms with E-state index in [2.05, 4.69) is 21.5 Å². The molecule has 2 rings (SSSR count). The van der Waals surface area contributed by atoms with Gasteiger partial charge in [0.2, 0.25) is 5.91 Å². The van der Waals surface area contributed by atoms with Crippen molar-refractivity contribution in [2.75, 3.05) is 13.7 Å². The zero-order chi connectivity index (χ0) is 21.4. The Morgan fingerprint density at radius 2 is 2.03 bits per heavy atom. The fourth-order valence-corrected chi connectivity index (χ4v) is 3.61. The standard InChI is InChI=1S/C22H34N4O3/c1-6-29-22(28)19(14-16(2)3)25(5)21(27)10-8-7-9-13-26-17(4)24-18-11-12-23-15-20(18)26/h11-12,15-16,19H,6-10,13-14H2,1-5H3/p+1/t19-/m0/s1. The fraction of sp³-hybridized carbons (Fsp3) is 0.636. The first-order valence-electron chi connectivity index (χ1n) is 10.6. The molecule has 1 N–H and O–H groups in total. The number of unbranched alkanes of at least 4 members (excludes halogenated alkanes) is 2. The molecule has 0 fully saturated rings. The van der Waals surface area contributed by atoms with Crippen LogP contribution in [-0.4, -0.2) is 46.4 Å². The molecule has 0 aromatic carbocycles. The number of fused-ring (bicyclic) bond motifs is 1. The minimum atomic E-state index is -0.501. The number of likely N-dealkylation sites (N-methyl/N-ethyl adjacent to an activating group) is 1. The molecule has 0 unspecified atom stereocenters. The molecule has 160 valence electrons. The maximum Gasteiger partial charge on any atom is 0.328 e. The number of aryl methyl sites for hydroxylation is 2. The predicted molar refractivity (Wildman–Crippen MR) is 112 cm³/mol. The number of carbonyl (C=O) groups excluding carboxylic acids is 2. The lowest BCUT2D eigenvalue weighted by atomic mass is 10.0. The van der Waals surface area contributed by atoms with E-state index in [1.807, 2.05) is 26.1 Å². The van der Waals surface area contributed by atoms with Gasteiger partial charge in [-0.2, -0.15) is 0 Å². The molecular formula is C22H35N4O3+. The van der Waals surface area contributed by atoms with Gasteiger partial charge in [-0.15, -0.1) is 0 Å². The largest absolute Gasteiger partial charge is 0.464 e. The Labute approximate surface area is 173 Å². The van der Waals surface area contributed by atoms with Crippen molar-refractivity contribution < 1.29 is 18.9 Å². The first kappa shape index (κ1) is 22.8. The summed E-state index contributed by atoms with van der Waals surface area (Å²) < 4.78 is 7.40. The highest BCUT2D eigenvalue weighted by Gasteiger charge is 2.28. The molecular weight excluding hydrogens is 368 g/mol. The summed E-state index contributed by atoms with van der Waals surface area (Å²) in [6.45, 7) is 9.16. The normalized spacial score (nSPS) is 12.3. The van der Waals surface area contributed by atoms with Crippen LogP contribution in [0.25, 0.3) is 11.0 Å². The van der Waals surface area contributed by atoms with E-state index in [0.29, 0.717) is 25.4 Å². The molecule has 2 aromatic rings. The molecule has 0 aliphatic carbocycles. The van der Waals surface area contributed by atoms with Crippen LogP contribution < -0.4 is 4.57 Å². The SMILES string of the molecule is CCOC(=O)[C@H](CC(C)C)N(C)C(=O)CCCCC[n+]1c(C)[nH]c2ccncc21. The minimum absolute atomic E-state index is 0.00355. The molecule has 2 aromatic heterocycles. The van der Waals surface area contributed by atoms with Crippen LogP contribution in [0.2, 0.25) is 0 Å². The Bertz CT molecular complexity index is 815. The lowest BCUT2D eigenvalue weighted by Crippen LogP contribution is -2.44. The van der Waals surface area contributed by atoms with E-state index in [1.54, 1.807) is 25.1 Å². The zero-order valence-corrected chi connectivity index (χ0v) is 18.4. The lowest BCUT2D eigenvalue weighted by molar-refractivity contribution is -0.677. The highest BCUT2D eigenvalue weighted by molar-refractivity contribution is 5.84. The van der Waals surface area contributed by atoms with Gasteiger partial charge < -0.3 is 9.64 Å². The second kappa shape index (κ2) is 10.9. The number of esters is 1. The number of amides is 1. The third kappa shape index (κ3) is 6.27. The molecule has 1 amide bonds. The van der Waals surface area contributed by atoms with E-state index in [4.69, 9.17) is 4.74 Å². The third-order valence-electron chi connectivity index (χ3n) is 5.20. The minimum Gasteiger partial charge on any atom is -0.464 e. The van der Waals surface area contributed by atoms with Gasteiger partial charge in [0.05, 0.1) is 19.3 Å². The Balaban J connectivity index is 1.82. The smallest absolute Gasteiger partial charge is 0.328 e. The Morgan fingerprint density at radius 3 is 2.72 bits per heavy atom. The van der Waals surface area contributed by atoms with E-state index >= 15 is 0 Å². The molecule has 0 bridgehead atoms. The van der Waals surface area contributed by atoms with Crippen LogP contribution in [0.1, 0.15) is 58.7 Å². The molecule has 1 atom stereocenters. The Kier molecular flexibility index (Phi) is 8.61. The van der Waals surface area contributed by atoms with Crippen molar-refractivity contribution in [2.45, 2.75) is 72.4 Å². The number of ether oxygens (including phenoxy) is 1. The van der Waals surface area contributed by atoms with Crippen molar-refractivity contribution >= 4 is 22.9 Å². The molecule has 0 radical (unpaired) electrons. The molecule has 0 saturated heterocycles. The number of aromatic nitrogens is 3. The maximum atomic E-state index is 12.6. The van der Waals surface area contributed by atoms with E-state index in [9.17, 15) is 9.59 Å². The van der Waals surface area contributed by atoms with Crippen molar-refractivity contribution in [3.8, 4) is 0 Å². The number of imidazole rings is 1. The fourth-order valence-electron chi connectivity index (χ4n) is 3.61. The van der Waals surface area contributed by atoms with Crippen LogP contribution >= 0.6 is 0 Å². The van der Waals surface area contributed by atoms with Crippen LogP contribution in [0.4, 0.5) is 0 Å². The van der Waals surface area contributed by atoms with Crippen molar-refractivity contribution in [1.82, 2.24) is 14.9 Å². The average molecular weight is 404 g/mol. The number of pyridine rings is 1. The molecule has 7 nitrogen and oxygen atoms in total. The average Bonchev–Trinajstić information content (AvgIpc) is 3.00. The Morgan fingerprint density at radius 1 is 1.28 bits per heavy atom. The second-order valence-electron chi connectivity index (χ2n) is 7.97. The van der Waals surface area contributed by atoms with E-state index in [0.717, 1.165) is 42.7 Å². The molecule has 0 aliphatic rings. The van der Waals surface area contributed by atoms with Crippen molar-refractivity contribution in [3.63, 3.8) is 0 Å². The summed E-state index contributed by atoms with van der Waals surface area (Å²) in [5, 5.41) is 0. The Hall–Kier alpha value is -2.44. The first-order chi connectivity index (χ1) is 13.8. The zero-order valence-electron chi connectivity index (χ0n) is 18.4. The molecule has 29 heavy (non-hydrogen) atoms. The summed E-state index contributed by atoms with van der Waals surface area (Å²) in [6, 6.07) is 1.48. The van der Waals surface area contributed by atoms with Crippen molar-refractivity contribution in [2.24, 2.45) is 5.92 Å². The number of carbonyl (C=O) groups is 2. The summed E-state index contributed by atoms with van der Waals surface area (Å²) in [4.78, 5) is 34.0. The quantitative estimate of drug-likeness (QED) is 0.355. The highest BCUT2D eigenvalue weighted by atomic mass is 16.5. The number of hydrogen-bond acceptors (Lipinski definition) is 4. The van der Waals surface area contributed by atoms with Crippen molar-refractivity contribution in [1.29, 1.82) is 0 Å². The number of rotatable bonds is 11. The van der Waals surface area contributed by atoms with E-state index < -0.39 is 6.04 Å². The van der Waals surface area contributed by atoms with Crippen LogP contribution in [0.3, 0.4) is 0 Å². The lowest BCUT2D eigenvalue weighted by Gasteiger charge is -2.27. The first-order valence-corrected chi connectivity index (χ1v) is 10.6. The molecule has 7 heteroatoms. The molecule has 2 heterocycles. The van der Waals surface area contributed by atoms with E-state index in [-0.39, 0.29) is 11.9 Å². The van der Waals surface area contributed by atoms with Gasteiger partial charge in [0.25, 0.3) is 5.82 Å². The van der Waals surface area contributed by atoms with Gasteiger partial charge in [-0.3, -0.25) is 9.78 Å². The van der Waals surface area contributed by atoms with Crippen molar-refractivity contribution in [3.05, 3.63) is 24.3 Å². The second-order valence-corrected chi connectivity index (χ2v) is 7.97. The van der Waals surface area contributed by atoms with E-state index in [1.165, 1.54) is 0 Å². The summed E-state index contributed by atoms with van der Waals surface area (Å²) in [7, 11) is 1.71. The van der Waals surface area contributed by atoms with Gasteiger partial charge >= 0.3 is 5.97 Å². The van der Waals surface area contributed by atoms with Gasteiger partial charge in [0.15, 0.2) is 11.0 Å². The van der Waals surface area contributed by atoms with Crippen LogP contribution in [0.15, 0.2) is 18.5 Å². The summed E-state index contributed by atoms with van der Waals surface area (Å²) in [6.07, 6.45) is 7.47. The molecule has 0 aliphatic heterocycles. The molecule has 0 spiro atoms. The topological polar surface area (TPSA) is 79.2 Å². The maximum absolute atomic E-state index is 12.6. The third-order valence-corrected chi connectivity index (χ3v) is 5.20. The summed E-state index contributed by atoms with van der Waals surface area (Å²) in [5.74, 6) is 1.11. The predicted octanol–water partition coefficient (Wildman–Crippen LogP) is 3.16. The number of aromatic amines is 1. The van der Waals surface area contributed by atoms with Crippen LogP contribution in [0.5, 0.6) is 0 Å². The van der Waals surface area contributed by atoms with Crippen LogP contribution in [-0.2, 0) is 20.9 Å². The van der Waals surface area contributed by atoms with Gasteiger partial charge in [0.1, 0.15) is 6.04 Å². The van der Waals surface area contributed by atoms with Gasteiger partial charge in [0, 0.05) is 32.7 Å². The van der Waals surface area contributed by atoms with Gasteiger partial charge in [-0.25, -0.2) is 14.3 Å². The monoisotopic (exact) mass is 403 g/mol. The number of nitrogens with zero attached hydrogens (tertiary/aromatic N) is 3.